The zero-order chi connectivity index (χ0) is 22.4. The summed E-state index contributed by atoms with van der Waals surface area (Å²) in [5, 5.41) is 0. The molecule has 1 heteroatoms. The fourth-order valence-electron chi connectivity index (χ4n) is 10.9. The average Bonchev–Trinajstić information content (AvgIpc) is 2.67. The van der Waals surface area contributed by atoms with Crippen LogP contribution in [0.4, 0.5) is 0 Å². The van der Waals surface area contributed by atoms with Gasteiger partial charge in [0.05, 0.1) is 6.10 Å². The van der Waals surface area contributed by atoms with E-state index in [0.717, 1.165) is 23.7 Å². The topological polar surface area (TPSA) is 9.23 Å². The zero-order valence-electron chi connectivity index (χ0n) is 21.9. The van der Waals surface area contributed by atoms with Gasteiger partial charge in [0.25, 0.3) is 0 Å². The quantitative estimate of drug-likeness (QED) is 0.382. The molecule has 5 aliphatic carbocycles. The number of fused-ring (bicyclic) bond motifs is 7. The van der Waals surface area contributed by atoms with E-state index in [-0.39, 0.29) is 0 Å². The van der Waals surface area contributed by atoms with Crippen LogP contribution < -0.4 is 0 Å². The van der Waals surface area contributed by atoms with Crippen LogP contribution >= 0.6 is 0 Å². The summed E-state index contributed by atoms with van der Waals surface area (Å²) in [6, 6.07) is 0. The summed E-state index contributed by atoms with van der Waals surface area (Å²) in [7, 11) is 1.95. The molecule has 31 heavy (non-hydrogen) atoms. The molecule has 0 aromatic rings. The third kappa shape index (κ3) is 2.96. The highest BCUT2D eigenvalue weighted by Crippen LogP contribution is 2.73. The van der Waals surface area contributed by atoms with E-state index >= 15 is 0 Å². The van der Waals surface area contributed by atoms with Crippen LogP contribution in [0, 0.1) is 50.7 Å². The van der Waals surface area contributed by atoms with E-state index in [2.05, 4.69) is 54.5 Å². The average molecular weight is 427 g/mol. The van der Waals surface area contributed by atoms with Crippen molar-refractivity contribution in [2.24, 2.45) is 50.7 Å². The summed E-state index contributed by atoms with van der Waals surface area (Å²) in [5.41, 5.74) is 4.09. The van der Waals surface area contributed by atoms with Crippen molar-refractivity contribution < 1.29 is 4.74 Å². The summed E-state index contributed by atoms with van der Waals surface area (Å²) in [4.78, 5) is 0. The van der Waals surface area contributed by atoms with E-state index in [1.54, 1.807) is 0 Å². The number of methoxy groups -OCH3 is 1. The molecule has 0 N–H and O–H groups in total. The largest absolute Gasteiger partial charge is 0.381 e. The second kappa shape index (κ2) is 6.86. The van der Waals surface area contributed by atoms with E-state index in [1.807, 2.05) is 12.7 Å². The Labute approximate surface area is 193 Å². The van der Waals surface area contributed by atoms with Gasteiger partial charge in [-0.3, -0.25) is 0 Å². The van der Waals surface area contributed by atoms with Gasteiger partial charge in [0.15, 0.2) is 0 Å². The van der Waals surface area contributed by atoms with Gasteiger partial charge < -0.3 is 4.74 Å². The van der Waals surface area contributed by atoms with Crippen molar-refractivity contribution in [1.29, 1.82) is 0 Å². The number of allylic oxidation sites excluding steroid dienone is 2. The number of hydrogen-bond acceptors (Lipinski definition) is 1. The minimum atomic E-state index is 0.295. The number of hydrogen-bond donors (Lipinski definition) is 0. The standard InChI is InChI=1S/C30H50O/c1-26(2)15-11-20-9-10-23-28(5,21(20)19-26)16-13-24-29(6)18-14-25(31-8)27(3,4)22(29)12-17-30(23,24)7/h10,20-22,24-25H,9,11-19H2,1-8H3/t20-,21+,22+,24-,25+,28+,29+,30+/m1/s1. The minimum absolute atomic E-state index is 0.295. The van der Waals surface area contributed by atoms with Gasteiger partial charge in [0, 0.05) is 7.11 Å². The molecule has 4 fully saturated rings. The highest BCUT2D eigenvalue weighted by Gasteiger charge is 2.65. The fraction of sp³-hybridized carbons (Fsp3) is 0.933. The molecule has 0 unspecified atom stereocenters. The molecular weight excluding hydrogens is 376 g/mol. The van der Waals surface area contributed by atoms with E-state index in [4.69, 9.17) is 4.74 Å². The highest BCUT2D eigenvalue weighted by atomic mass is 16.5. The first-order chi connectivity index (χ1) is 14.4. The molecule has 0 aromatic carbocycles. The van der Waals surface area contributed by atoms with E-state index in [0.29, 0.717) is 33.2 Å². The monoisotopic (exact) mass is 426 g/mol. The molecule has 0 radical (unpaired) electrons. The molecule has 5 aliphatic rings. The minimum Gasteiger partial charge on any atom is -0.381 e. The lowest BCUT2D eigenvalue weighted by Crippen LogP contribution is -2.62. The highest BCUT2D eigenvalue weighted by molar-refractivity contribution is 5.33. The fourth-order valence-corrected chi connectivity index (χ4v) is 10.9. The number of ether oxygens (including phenoxy) is 1. The van der Waals surface area contributed by atoms with Crippen LogP contribution in [0.1, 0.15) is 113 Å². The number of rotatable bonds is 1. The maximum atomic E-state index is 6.03. The summed E-state index contributed by atoms with van der Waals surface area (Å²) < 4.78 is 6.03. The van der Waals surface area contributed by atoms with Crippen molar-refractivity contribution >= 4 is 0 Å². The molecule has 0 bridgehead atoms. The first-order valence-electron chi connectivity index (χ1n) is 13.6. The molecule has 0 spiro atoms. The van der Waals surface area contributed by atoms with Crippen molar-refractivity contribution in [3.05, 3.63) is 11.6 Å². The Bertz CT molecular complexity index is 760. The predicted molar refractivity (Wildman–Crippen MR) is 131 cm³/mol. The smallest absolute Gasteiger partial charge is 0.0625 e. The third-order valence-corrected chi connectivity index (χ3v) is 12.4. The molecule has 176 valence electrons. The van der Waals surface area contributed by atoms with Crippen LogP contribution in [0.5, 0.6) is 0 Å². The van der Waals surface area contributed by atoms with Crippen LogP contribution in [-0.2, 0) is 4.74 Å². The van der Waals surface area contributed by atoms with Crippen molar-refractivity contribution in [1.82, 2.24) is 0 Å². The Balaban J connectivity index is 1.52. The normalized spacial score (nSPS) is 52.8. The Morgan fingerprint density at radius 1 is 0.774 bits per heavy atom. The molecule has 0 saturated heterocycles. The van der Waals surface area contributed by atoms with E-state index < -0.39 is 0 Å². The maximum absolute atomic E-state index is 6.03. The van der Waals surface area contributed by atoms with Crippen LogP contribution in [0.2, 0.25) is 0 Å². The van der Waals surface area contributed by atoms with E-state index in [9.17, 15) is 0 Å². The van der Waals surface area contributed by atoms with Crippen LogP contribution in [0.25, 0.3) is 0 Å². The van der Waals surface area contributed by atoms with Crippen molar-refractivity contribution in [3.8, 4) is 0 Å². The van der Waals surface area contributed by atoms with Crippen molar-refractivity contribution in [3.63, 3.8) is 0 Å². The molecule has 8 atom stereocenters. The van der Waals surface area contributed by atoms with Gasteiger partial charge in [-0.1, -0.05) is 60.1 Å². The van der Waals surface area contributed by atoms with Gasteiger partial charge in [-0.05, 0) is 115 Å². The molecule has 1 nitrogen and oxygen atoms in total. The molecule has 0 aromatic heterocycles. The van der Waals surface area contributed by atoms with Gasteiger partial charge in [0.2, 0.25) is 0 Å². The Hall–Kier alpha value is -0.300. The SMILES string of the molecule is CO[C@H]1CC[C@]2(C)[C@H]3CC[C@]4(C)C(=CC[C@@H]5CCC(C)(C)C[C@@H]54)[C@]3(C)CC[C@H]2C1(C)C. The molecule has 4 saturated carbocycles. The predicted octanol–water partition coefficient (Wildman–Crippen LogP) is 8.43. The Morgan fingerprint density at radius 3 is 2.16 bits per heavy atom. The third-order valence-electron chi connectivity index (χ3n) is 12.4. The van der Waals surface area contributed by atoms with Gasteiger partial charge in [-0.2, -0.15) is 0 Å². The van der Waals surface area contributed by atoms with Gasteiger partial charge >= 0.3 is 0 Å². The molecule has 0 amide bonds. The van der Waals surface area contributed by atoms with Crippen LogP contribution in [0.3, 0.4) is 0 Å². The van der Waals surface area contributed by atoms with Crippen LogP contribution in [0.15, 0.2) is 11.6 Å². The Kier molecular flexibility index (Phi) is 4.98. The second-order valence-corrected chi connectivity index (χ2v) is 14.7. The lowest BCUT2D eigenvalue weighted by molar-refractivity contribution is -0.186. The second-order valence-electron chi connectivity index (χ2n) is 14.7. The van der Waals surface area contributed by atoms with Gasteiger partial charge in [0.1, 0.15) is 0 Å². The van der Waals surface area contributed by atoms with Gasteiger partial charge in [-0.25, -0.2) is 0 Å². The van der Waals surface area contributed by atoms with Crippen molar-refractivity contribution in [2.45, 2.75) is 119 Å². The summed E-state index contributed by atoms with van der Waals surface area (Å²) in [6.45, 7) is 18.2. The first kappa shape index (κ1) is 22.5. The van der Waals surface area contributed by atoms with Crippen LogP contribution in [-0.4, -0.2) is 13.2 Å². The van der Waals surface area contributed by atoms with Gasteiger partial charge in [-0.15, -0.1) is 0 Å². The summed E-state index contributed by atoms with van der Waals surface area (Å²) >= 11 is 0. The molecule has 0 heterocycles. The Morgan fingerprint density at radius 2 is 1.45 bits per heavy atom. The lowest BCUT2D eigenvalue weighted by Gasteiger charge is -2.69. The molecule has 0 aliphatic heterocycles. The lowest BCUT2D eigenvalue weighted by atomic mass is 9.36. The zero-order valence-corrected chi connectivity index (χ0v) is 21.9. The first-order valence-corrected chi connectivity index (χ1v) is 13.6. The molecular formula is C30H50O. The summed E-state index contributed by atoms with van der Waals surface area (Å²) in [6.07, 6.45) is 17.3. The molecule has 5 rings (SSSR count). The van der Waals surface area contributed by atoms with E-state index in [1.165, 1.54) is 64.2 Å². The van der Waals surface area contributed by atoms with Crippen molar-refractivity contribution in [2.75, 3.05) is 7.11 Å². The summed E-state index contributed by atoms with van der Waals surface area (Å²) in [5.74, 6) is 3.51. The maximum Gasteiger partial charge on any atom is 0.0625 e.